The Bertz CT molecular complexity index is 701. The molecule has 128 valence electrons. The van der Waals surface area contributed by atoms with E-state index >= 15 is 0 Å². The molecule has 0 aliphatic heterocycles. The maximum Gasteiger partial charge on any atom is 0.270 e. The van der Waals surface area contributed by atoms with Gasteiger partial charge in [-0.05, 0) is 37.0 Å². The van der Waals surface area contributed by atoms with Gasteiger partial charge in [0.25, 0.3) is 5.91 Å². The topological polar surface area (TPSA) is 106 Å². The van der Waals surface area contributed by atoms with E-state index in [1.54, 1.807) is 18.5 Å². The van der Waals surface area contributed by atoms with E-state index in [-0.39, 0.29) is 11.9 Å². The summed E-state index contributed by atoms with van der Waals surface area (Å²) in [4.78, 5) is 24.4. The summed E-state index contributed by atoms with van der Waals surface area (Å²) in [5, 5.41) is 6.09. The molecule has 0 aliphatic rings. The zero-order valence-electron chi connectivity index (χ0n) is 14.3. The van der Waals surface area contributed by atoms with Gasteiger partial charge in [0.1, 0.15) is 5.69 Å². The second kappa shape index (κ2) is 8.24. The standard InChI is InChI=1S/C17H24N6O/c1-11(2)8-13-9-15(23-17(18)22-13)16(24)21-7-6-20-14-4-5-19-10-12(14)3/h4-5,9-11H,6-8H2,1-3H3,(H,19,20)(H,21,24)(H2,18,22,23). The van der Waals surface area contributed by atoms with Crippen molar-refractivity contribution in [2.75, 3.05) is 24.1 Å². The number of pyridine rings is 1. The van der Waals surface area contributed by atoms with Gasteiger partial charge in [-0.1, -0.05) is 13.8 Å². The number of carbonyl (C=O) groups excluding carboxylic acids is 1. The molecule has 0 radical (unpaired) electrons. The predicted molar refractivity (Wildman–Crippen MR) is 94.8 cm³/mol. The first-order valence-electron chi connectivity index (χ1n) is 8.02. The maximum atomic E-state index is 12.2. The summed E-state index contributed by atoms with van der Waals surface area (Å²) in [6, 6.07) is 3.60. The molecule has 0 atom stereocenters. The van der Waals surface area contributed by atoms with Gasteiger partial charge in [-0.15, -0.1) is 0 Å². The number of anilines is 2. The number of aryl methyl sites for hydroxylation is 1. The van der Waals surface area contributed by atoms with E-state index < -0.39 is 0 Å². The van der Waals surface area contributed by atoms with Gasteiger partial charge < -0.3 is 16.4 Å². The van der Waals surface area contributed by atoms with Crippen LogP contribution in [0.1, 0.15) is 35.6 Å². The molecule has 1 amide bonds. The quantitative estimate of drug-likeness (QED) is 0.669. The van der Waals surface area contributed by atoms with Gasteiger partial charge in [-0.25, -0.2) is 9.97 Å². The van der Waals surface area contributed by atoms with E-state index in [1.807, 2.05) is 13.0 Å². The molecule has 0 fully saturated rings. The van der Waals surface area contributed by atoms with E-state index in [2.05, 4.69) is 39.4 Å². The molecule has 0 saturated carbocycles. The van der Waals surface area contributed by atoms with Gasteiger partial charge >= 0.3 is 0 Å². The third-order valence-corrected chi connectivity index (χ3v) is 3.39. The van der Waals surface area contributed by atoms with E-state index in [0.717, 1.165) is 23.4 Å². The van der Waals surface area contributed by atoms with E-state index in [1.165, 1.54) is 0 Å². The van der Waals surface area contributed by atoms with Gasteiger partial charge in [0.15, 0.2) is 0 Å². The summed E-state index contributed by atoms with van der Waals surface area (Å²) < 4.78 is 0. The first-order valence-corrected chi connectivity index (χ1v) is 8.02. The third kappa shape index (κ3) is 5.19. The number of carbonyl (C=O) groups is 1. The smallest absolute Gasteiger partial charge is 0.270 e. The fourth-order valence-corrected chi connectivity index (χ4v) is 2.29. The van der Waals surface area contributed by atoms with Crippen molar-refractivity contribution in [1.82, 2.24) is 20.3 Å². The Labute approximate surface area is 142 Å². The first-order chi connectivity index (χ1) is 11.5. The van der Waals surface area contributed by atoms with Crippen LogP contribution in [-0.4, -0.2) is 33.9 Å². The summed E-state index contributed by atoms with van der Waals surface area (Å²) >= 11 is 0. The molecule has 0 aliphatic carbocycles. The normalized spacial score (nSPS) is 10.7. The maximum absolute atomic E-state index is 12.2. The molecule has 7 nitrogen and oxygen atoms in total. The van der Waals surface area contributed by atoms with Crippen LogP contribution in [0.4, 0.5) is 11.6 Å². The minimum atomic E-state index is -0.248. The SMILES string of the molecule is Cc1cnccc1NCCNC(=O)c1cc(CC(C)C)nc(N)n1. The van der Waals surface area contributed by atoms with Crippen LogP contribution in [-0.2, 0) is 6.42 Å². The second-order valence-electron chi connectivity index (χ2n) is 6.07. The minimum Gasteiger partial charge on any atom is -0.383 e. The third-order valence-electron chi connectivity index (χ3n) is 3.39. The van der Waals surface area contributed by atoms with Crippen LogP contribution in [0.15, 0.2) is 24.5 Å². The molecular weight excluding hydrogens is 304 g/mol. The monoisotopic (exact) mass is 328 g/mol. The van der Waals surface area contributed by atoms with Crippen molar-refractivity contribution in [2.24, 2.45) is 5.92 Å². The Morgan fingerprint density at radius 2 is 2.08 bits per heavy atom. The highest BCUT2D eigenvalue weighted by Crippen LogP contribution is 2.11. The molecular formula is C17H24N6O. The molecule has 0 saturated heterocycles. The number of rotatable bonds is 7. The van der Waals surface area contributed by atoms with Crippen LogP contribution in [0, 0.1) is 12.8 Å². The summed E-state index contributed by atoms with van der Waals surface area (Å²) in [5.74, 6) is 0.314. The van der Waals surface area contributed by atoms with Crippen molar-refractivity contribution in [1.29, 1.82) is 0 Å². The Balaban J connectivity index is 1.88. The number of nitrogens with two attached hydrogens (primary N) is 1. The zero-order valence-corrected chi connectivity index (χ0v) is 14.3. The molecule has 0 aromatic carbocycles. The Hall–Kier alpha value is -2.70. The van der Waals surface area contributed by atoms with E-state index in [0.29, 0.717) is 24.7 Å². The number of aromatic nitrogens is 3. The highest BCUT2D eigenvalue weighted by molar-refractivity contribution is 5.92. The van der Waals surface area contributed by atoms with Crippen LogP contribution in [0.2, 0.25) is 0 Å². The second-order valence-corrected chi connectivity index (χ2v) is 6.07. The van der Waals surface area contributed by atoms with E-state index in [4.69, 9.17) is 5.73 Å². The lowest BCUT2D eigenvalue weighted by Crippen LogP contribution is -2.30. The van der Waals surface area contributed by atoms with Crippen molar-refractivity contribution >= 4 is 17.5 Å². The summed E-state index contributed by atoms with van der Waals surface area (Å²) in [6.07, 6.45) is 4.28. The lowest BCUT2D eigenvalue weighted by atomic mass is 10.1. The van der Waals surface area contributed by atoms with Crippen molar-refractivity contribution in [3.63, 3.8) is 0 Å². The number of nitrogen functional groups attached to an aromatic ring is 1. The molecule has 0 unspecified atom stereocenters. The lowest BCUT2D eigenvalue weighted by molar-refractivity contribution is 0.0950. The minimum absolute atomic E-state index is 0.129. The summed E-state index contributed by atoms with van der Waals surface area (Å²) in [6.45, 7) is 7.24. The van der Waals surface area contributed by atoms with Crippen molar-refractivity contribution in [3.05, 3.63) is 41.5 Å². The van der Waals surface area contributed by atoms with Crippen molar-refractivity contribution < 1.29 is 4.79 Å². The molecule has 7 heteroatoms. The Kier molecular flexibility index (Phi) is 6.06. The number of hydrogen-bond acceptors (Lipinski definition) is 6. The van der Waals surface area contributed by atoms with Crippen LogP contribution >= 0.6 is 0 Å². The lowest BCUT2D eigenvalue weighted by Gasteiger charge is -2.10. The first kappa shape index (κ1) is 17.7. The number of amides is 1. The Morgan fingerprint density at radius 3 is 2.79 bits per heavy atom. The molecule has 0 spiro atoms. The average Bonchev–Trinajstić information content (AvgIpc) is 2.51. The Morgan fingerprint density at radius 1 is 1.29 bits per heavy atom. The predicted octanol–water partition coefficient (Wildman–Crippen LogP) is 1.80. The average molecular weight is 328 g/mol. The van der Waals surface area contributed by atoms with E-state index in [9.17, 15) is 4.79 Å². The molecule has 2 rings (SSSR count). The molecule has 2 heterocycles. The van der Waals surface area contributed by atoms with Gasteiger partial charge in [-0.3, -0.25) is 9.78 Å². The van der Waals surface area contributed by atoms with Crippen molar-refractivity contribution in [3.8, 4) is 0 Å². The van der Waals surface area contributed by atoms with Gasteiger partial charge in [0.2, 0.25) is 5.95 Å². The molecule has 2 aromatic rings. The van der Waals surface area contributed by atoms with Crippen LogP contribution < -0.4 is 16.4 Å². The fourth-order valence-electron chi connectivity index (χ4n) is 2.29. The molecule has 4 N–H and O–H groups in total. The van der Waals surface area contributed by atoms with Gasteiger partial charge in [0, 0.05) is 36.9 Å². The summed E-state index contributed by atoms with van der Waals surface area (Å²) in [5.41, 5.74) is 8.85. The number of nitrogens with zero attached hydrogens (tertiary/aromatic N) is 3. The molecule has 0 bridgehead atoms. The van der Waals surface area contributed by atoms with Crippen LogP contribution in [0.25, 0.3) is 0 Å². The van der Waals surface area contributed by atoms with Crippen molar-refractivity contribution in [2.45, 2.75) is 27.2 Å². The van der Waals surface area contributed by atoms with Crippen LogP contribution in [0.5, 0.6) is 0 Å². The van der Waals surface area contributed by atoms with Gasteiger partial charge in [0.05, 0.1) is 0 Å². The number of nitrogens with one attached hydrogen (secondary N) is 2. The zero-order chi connectivity index (χ0) is 17.5. The fraction of sp³-hybridized carbons (Fsp3) is 0.412. The highest BCUT2D eigenvalue weighted by Gasteiger charge is 2.11. The molecule has 2 aromatic heterocycles. The number of hydrogen-bond donors (Lipinski definition) is 3. The molecule has 24 heavy (non-hydrogen) atoms. The van der Waals surface area contributed by atoms with Crippen LogP contribution in [0.3, 0.4) is 0 Å². The summed E-state index contributed by atoms with van der Waals surface area (Å²) in [7, 11) is 0. The highest BCUT2D eigenvalue weighted by atomic mass is 16.1. The van der Waals surface area contributed by atoms with Gasteiger partial charge in [-0.2, -0.15) is 0 Å². The largest absolute Gasteiger partial charge is 0.383 e.